The Morgan fingerprint density at radius 3 is 2.13 bits per heavy atom. The molecular weight excluding hydrogens is 520 g/mol. The maximum Gasteiger partial charge on any atom is 0.282 e. The number of benzene rings is 1. The van der Waals surface area contributed by atoms with Gasteiger partial charge < -0.3 is 19.3 Å². The van der Waals surface area contributed by atoms with Gasteiger partial charge in [-0.05, 0) is 18.9 Å². The van der Waals surface area contributed by atoms with E-state index in [4.69, 9.17) is 9.47 Å². The van der Waals surface area contributed by atoms with Crippen molar-refractivity contribution in [2.45, 2.75) is 31.5 Å². The largest absolute Gasteiger partial charge is 0.370 e. The Bertz CT molecular complexity index is 1330. The Kier molecular flexibility index (Phi) is 6.75. The highest BCUT2D eigenvalue weighted by Crippen LogP contribution is 2.38. The molecule has 13 heteroatoms. The van der Waals surface area contributed by atoms with Crippen LogP contribution in [0, 0.1) is 11.6 Å². The van der Waals surface area contributed by atoms with Gasteiger partial charge in [-0.2, -0.15) is 17.0 Å². The van der Waals surface area contributed by atoms with Crippen molar-refractivity contribution in [1.82, 2.24) is 18.5 Å². The van der Waals surface area contributed by atoms with E-state index in [0.29, 0.717) is 63.3 Å². The second-order valence-electron chi connectivity index (χ2n) is 10.2. The third-order valence-corrected chi connectivity index (χ3v) is 10.0. The summed E-state index contributed by atoms with van der Waals surface area (Å²) in [6.45, 7) is 3.97. The summed E-state index contributed by atoms with van der Waals surface area (Å²) in [5.41, 5.74) is 1.04. The highest BCUT2D eigenvalue weighted by atomic mass is 32.2. The molecule has 1 aromatic carbocycles. The molecule has 4 fully saturated rings. The smallest absolute Gasteiger partial charge is 0.282 e. The van der Waals surface area contributed by atoms with Crippen LogP contribution in [0.5, 0.6) is 0 Å². The number of anilines is 1. The summed E-state index contributed by atoms with van der Waals surface area (Å²) in [5, 5.41) is 0.356. The predicted molar refractivity (Wildman–Crippen MR) is 135 cm³/mol. The third-order valence-electron chi connectivity index (χ3n) is 8.01. The van der Waals surface area contributed by atoms with Gasteiger partial charge in [-0.25, -0.2) is 8.78 Å². The number of rotatable bonds is 4. The summed E-state index contributed by atoms with van der Waals surface area (Å²) in [6.07, 6.45) is 4.27. The average Bonchev–Trinajstić information content (AvgIpc) is 3.63. The van der Waals surface area contributed by atoms with Gasteiger partial charge in [0.25, 0.3) is 16.1 Å². The molecule has 5 heterocycles. The van der Waals surface area contributed by atoms with Crippen LogP contribution >= 0.6 is 0 Å². The number of aromatic nitrogens is 1. The van der Waals surface area contributed by atoms with Gasteiger partial charge in [-0.3, -0.25) is 9.78 Å². The van der Waals surface area contributed by atoms with Crippen LogP contribution < -0.4 is 4.90 Å². The lowest BCUT2D eigenvalue weighted by Crippen LogP contribution is -2.54. The number of carbonyl (C=O) groups excluding carboxylic acids is 1. The molecule has 4 aliphatic heterocycles. The predicted octanol–water partition coefficient (Wildman–Crippen LogP) is 1.95. The fraction of sp³-hybridized carbons (Fsp3) is 0.600. The summed E-state index contributed by atoms with van der Waals surface area (Å²) >= 11 is 0. The number of nitrogens with zero attached hydrogens (tertiary/aromatic N) is 5. The first-order chi connectivity index (χ1) is 18.3. The van der Waals surface area contributed by atoms with E-state index >= 15 is 0 Å². The van der Waals surface area contributed by atoms with Crippen LogP contribution in [0.4, 0.5) is 14.5 Å². The number of piperazine rings is 1. The van der Waals surface area contributed by atoms with E-state index in [9.17, 15) is 22.0 Å². The highest BCUT2D eigenvalue weighted by molar-refractivity contribution is 7.86. The number of ether oxygens (including phenoxy) is 2. The molecule has 4 saturated heterocycles. The molecule has 1 spiro atoms. The van der Waals surface area contributed by atoms with E-state index in [2.05, 4.69) is 4.98 Å². The molecule has 1 amide bonds. The van der Waals surface area contributed by atoms with Crippen LogP contribution in [0.25, 0.3) is 10.9 Å². The molecule has 0 atom stereocenters. The quantitative estimate of drug-likeness (QED) is 0.573. The van der Waals surface area contributed by atoms with Gasteiger partial charge in [-0.15, -0.1) is 0 Å². The van der Waals surface area contributed by atoms with E-state index in [-0.39, 0.29) is 43.2 Å². The van der Waals surface area contributed by atoms with Gasteiger partial charge in [0.15, 0.2) is 17.4 Å². The van der Waals surface area contributed by atoms with Crippen molar-refractivity contribution in [2.24, 2.45) is 0 Å². The van der Waals surface area contributed by atoms with E-state index < -0.39 is 27.6 Å². The Balaban J connectivity index is 1.27. The summed E-state index contributed by atoms with van der Waals surface area (Å²) in [6, 6.07) is 2.14. The number of pyridine rings is 1. The molecule has 38 heavy (non-hydrogen) atoms. The summed E-state index contributed by atoms with van der Waals surface area (Å²) in [4.78, 5) is 21.7. The Labute approximate surface area is 220 Å². The SMILES string of the molecule is O=C(c1cnc2cc(F)c(F)cc2c1N1CCC2(CC1)OCCO2)N1CCN(S(=O)(=O)N2CCCC2)CC1. The number of fused-ring (bicyclic) bond motifs is 1. The number of carbonyl (C=O) groups is 1. The van der Waals surface area contributed by atoms with Crippen molar-refractivity contribution >= 4 is 32.7 Å². The lowest BCUT2D eigenvalue weighted by molar-refractivity contribution is -0.169. The molecule has 1 aromatic heterocycles. The molecule has 4 aliphatic rings. The van der Waals surface area contributed by atoms with Gasteiger partial charge in [0, 0.05) is 82.8 Å². The standard InChI is InChI=1S/C25H31F2N5O5S/c26-20-15-18-22(16-21(20)27)28-17-19(23(18)29-7-3-25(4-8-29)36-13-14-37-25)24(33)30-9-11-32(12-10-30)38(34,35)31-5-1-2-6-31/h15-17H,1-14H2. The van der Waals surface area contributed by atoms with Gasteiger partial charge >= 0.3 is 0 Å². The minimum absolute atomic E-state index is 0.196. The van der Waals surface area contributed by atoms with Crippen molar-refractivity contribution < 1.29 is 31.5 Å². The number of hydrogen-bond donors (Lipinski definition) is 0. The zero-order valence-corrected chi connectivity index (χ0v) is 21.9. The first-order valence-electron chi connectivity index (χ1n) is 13.1. The first kappa shape index (κ1) is 25.8. The number of piperidine rings is 1. The van der Waals surface area contributed by atoms with Crippen molar-refractivity contribution in [1.29, 1.82) is 0 Å². The molecule has 206 valence electrons. The molecule has 0 N–H and O–H groups in total. The summed E-state index contributed by atoms with van der Waals surface area (Å²) in [7, 11) is -3.54. The molecule has 6 rings (SSSR count). The molecule has 0 saturated carbocycles. The van der Waals surface area contributed by atoms with Crippen LogP contribution in [-0.2, 0) is 19.7 Å². The lowest BCUT2D eigenvalue weighted by atomic mass is 9.99. The Morgan fingerprint density at radius 1 is 0.868 bits per heavy atom. The summed E-state index contributed by atoms with van der Waals surface area (Å²) < 4.78 is 68.9. The monoisotopic (exact) mass is 551 g/mol. The molecule has 0 bridgehead atoms. The zero-order chi connectivity index (χ0) is 26.5. The fourth-order valence-electron chi connectivity index (χ4n) is 5.90. The lowest BCUT2D eigenvalue weighted by Gasteiger charge is -2.40. The van der Waals surface area contributed by atoms with Crippen LogP contribution in [-0.4, -0.2) is 104 Å². The average molecular weight is 552 g/mol. The topological polar surface area (TPSA) is 95.5 Å². The third kappa shape index (κ3) is 4.53. The first-order valence-corrected chi connectivity index (χ1v) is 14.5. The minimum Gasteiger partial charge on any atom is -0.370 e. The summed E-state index contributed by atoms with van der Waals surface area (Å²) in [5.74, 6) is -2.97. The van der Waals surface area contributed by atoms with Gasteiger partial charge in [0.1, 0.15) is 0 Å². The van der Waals surface area contributed by atoms with Crippen molar-refractivity contribution in [2.75, 3.05) is 70.5 Å². The fourth-order valence-corrected chi connectivity index (χ4v) is 7.57. The Hall–Kier alpha value is -2.45. The Morgan fingerprint density at radius 2 is 1.47 bits per heavy atom. The molecule has 0 unspecified atom stereocenters. The molecule has 10 nitrogen and oxygen atoms in total. The highest BCUT2D eigenvalue weighted by Gasteiger charge is 2.41. The van der Waals surface area contributed by atoms with Gasteiger partial charge in [-0.1, -0.05) is 0 Å². The molecular formula is C25H31F2N5O5S. The maximum absolute atomic E-state index is 14.4. The van der Waals surface area contributed by atoms with Crippen molar-refractivity contribution in [3.63, 3.8) is 0 Å². The van der Waals surface area contributed by atoms with Gasteiger partial charge in [0.05, 0.1) is 30.0 Å². The maximum atomic E-state index is 14.4. The van der Waals surface area contributed by atoms with Crippen LogP contribution in [0.1, 0.15) is 36.0 Å². The van der Waals surface area contributed by atoms with E-state index in [1.165, 1.54) is 14.8 Å². The number of amides is 1. The van der Waals surface area contributed by atoms with E-state index in [1.807, 2.05) is 4.90 Å². The van der Waals surface area contributed by atoms with Crippen LogP contribution in [0.3, 0.4) is 0 Å². The van der Waals surface area contributed by atoms with E-state index in [1.54, 1.807) is 4.90 Å². The number of hydrogen-bond acceptors (Lipinski definition) is 7. The molecule has 2 aromatic rings. The van der Waals surface area contributed by atoms with Crippen molar-refractivity contribution in [3.05, 3.63) is 35.5 Å². The second-order valence-corrected chi connectivity index (χ2v) is 12.1. The second kappa shape index (κ2) is 9.94. The van der Waals surface area contributed by atoms with Crippen molar-refractivity contribution in [3.8, 4) is 0 Å². The van der Waals surface area contributed by atoms with Gasteiger partial charge in [0.2, 0.25) is 0 Å². The normalized spacial score (nSPS) is 23.1. The number of halogens is 2. The molecule has 0 radical (unpaired) electrons. The van der Waals surface area contributed by atoms with E-state index in [0.717, 1.165) is 25.0 Å². The zero-order valence-electron chi connectivity index (χ0n) is 21.1. The van der Waals surface area contributed by atoms with Crippen LogP contribution in [0.15, 0.2) is 18.3 Å². The minimum atomic E-state index is -3.54. The molecule has 0 aliphatic carbocycles. The van der Waals surface area contributed by atoms with Crippen LogP contribution in [0.2, 0.25) is 0 Å².